The van der Waals surface area contributed by atoms with Gasteiger partial charge in [0, 0.05) is 31.7 Å². The van der Waals surface area contributed by atoms with Crippen LogP contribution in [0.2, 0.25) is 0 Å². The van der Waals surface area contributed by atoms with E-state index in [0.717, 1.165) is 50.6 Å². The molecular formula is C25H30FN3O3. The molecular weight excluding hydrogens is 409 g/mol. The number of ether oxygens (including phenoxy) is 1. The molecule has 0 N–H and O–H groups in total. The normalized spacial score (nSPS) is 20.5. The van der Waals surface area contributed by atoms with Gasteiger partial charge in [-0.15, -0.1) is 0 Å². The van der Waals surface area contributed by atoms with Crippen molar-refractivity contribution in [2.45, 2.75) is 51.0 Å². The zero-order chi connectivity index (χ0) is 22.3. The van der Waals surface area contributed by atoms with Crippen LogP contribution in [-0.2, 0) is 11.2 Å². The number of hydrogen-bond donors (Lipinski definition) is 0. The third-order valence-corrected chi connectivity index (χ3v) is 6.30. The minimum Gasteiger partial charge on any atom is -0.492 e. The van der Waals surface area contributed by atoms with E-state index in [9.17, 15) is 14.0 Å². The highest BCUT2D eigenvalue weighted by atomic mass is 19.1. The summed E-state index contributed by atoms with van der Waals surface area (Å²) in [5.41, 5.74) is 1.39. The molecule has 0 saturated carbocycles. The van der Waals surface area contributed by atoms with Gasteiger partial charge < -0.3 is 14.5 Å². The number of benzene rings is 1. The number of carbonyl (C=O) groups is 2. The number of aromatic nitrogens is 1. The van der Waals surface area contributed by atoms with Crippen molar-refractivity contribution in [1.82, 2.24) is 14.8 Å². The van der Waals surface area contributed by atoms with Gasteiger partial charge in [-0.25, -0.2) is 4.39 Å². The molecule has 170 valence electrons. The summed E-state index contributed by atoms with van der Waals surface area (Å²) >= 11 is 0. The number of pyridine rings is 1. The SMILES string of the molecule is O=C(c1cncc(F)c1)N1CCCC(=O)N2CCCCC2CCc2cccc(c2)OCC1. The Morgan fingerprint density at radius 3 is 2.81 bits per heavy atom. The molecule has 1 unspecified atom stereocenters. The number of carbonyl (C=O) groups excluding carboxylic acids is 2. The molecule has 6 nitrogen and oxygen atoms in total. The maximum Gasteiger partial charge on any atom is 0.255 e. The molecule has 3 heterocycles. The zero-order valence-electron chi connectivity index (χ0n) is 18.3. The molecule has 0 spiro atoms. The van der Waals surface area contributed by atoms with Gasteiger partial charge in [-0.3, -0.25) is 14.6 Å². The van der Waals surface area contributed by atoms with Gasteiger partial charge in [0.2, 0.25) is 5.91 Å². The lowest BCUT2D eigenvalue weighted by atomic mass is 9.95. The molecule has 2 bridgehead atoms. The minimum atomic E-state index is -0.548. The molecule has 1 saturated heterocycles. The van der Waals surface area contributed by atoms with E-state index in [0.29, 0.717) is 32.5 Å². The molecule has 7 heteroatoms. The third-order valence-electron chi connectivity index (χ3n) is 6.30. The Hall–Kier alpha value is -2.96. The van der Waals surface area contributed by atoms with Crippen LogP contribution < -0.4 is 4.74 Å². The molecule has 1 atom stereocenters. The van der Waals surface area contributed by atoms with Crippen LogP contribution >= 0.6 is 0 Å². The Labute approximate surface area is 188 Å². The van der Waals surface area contributed by atoms with E-state index < -0.39 is 5.82 Å². The number of rotatable bonds is 1. The van der Waals surface area contributed by atoms with Crippen LogP contribution in [0.3, 0.4) is 0 Å². The van der Waals surface area contributed by atoms with Crippen LogP contribution in [0.25, 0.3) is 0 Å². The van der Waals surface area contributed by atoms with Gasteiger partial charge in [-0.05, 0) is 62.3 Å². The highest BCUT2D eigenvalue weighted by Gasteiger charge is 2.26. The summed E-state index contributed by atoms with van der Waals surface area (Å²) in [5.74, 6) is 0.0821. The number of nitrogens with zero attached hydrogens (tertiary/aromatic N) is 3. The monoisotopic (exact) mass is 439 g/mol. The largest absolute Gasteiger partial charge is 0.492 e. The summed E-state index contributed by atoms with van der Waals surface area (Å²) in [5, 5.41) is 0. The average Bonchev–Trinajstić information content (AvgIpc) is 2.81. The highest BCUT2D eigenvalue weighted by molar-refractivity contribution is 5.94. The first kappa shape index (κ1) is 22.2. The summed E-state index contributed by atoms with van der Waals surface area (Å²) in [4.78, 5) is 33.5. The Bertz CT molecular complexity index is 952. The number of aryl methyl sites for hydroxylation is 1. The van der Waals surface area contributed by atoms with Crippen LogP contribution in [0, 0.1) is 5.82 Å². The molecule has 2 aliphatic heterocycles. The minimum absolute atomic E-state index is 0.161. The van der Waals surface area contributed by atoms with Gasteiger partial charge in [-0.2, -0.15) is 0 Å². The van der Waals surface area contributed by atoms with Crippen molar-refractivity contribution >= 4 is 11.8 Å². The lowest BCUT2D eigenvalue weighted by molar-refractivity contribution is -0.135. The Morgan fingerprint density at radius 1 is 1.03 bits per heavy atom. The molecule has 0 radical (unpaired) electrons. The van der Waals surface area contributed by atoms with Crippen LogP contribution in [0.15, 0.2) is 42.7 Å². The van der Waals surface area contributed by atoms with Crippen molar-refractivity contribution in [2.75, 3.05) is 26.2 Å². The molecule has 1 aromatic carbocycles. The summed E-state index contributed by atoms with van der Waals surface area (Å²) < 4.78 is 19.5. The first-order chi connectivity index (χ1) is 15.6. The number of piperidine rings is 1. The molecule has 0 aliphatic carbocycles. The van der Waals surface area contributed by atoms with Crippen LogP contribution in [0.1, 0.15) is 54.4 Å². The number of hydrogen-bond acceptors (Lipinski definition) is 4. The second-order valence-corrected chi connectivity index (χ2v) is 8.56. The Balaban J connectivity index is 1.53. The van der Waals surface area contributed by atoms with E-state index in [1.807, 2.05) is 23.1 Å². The van der Waals surface area contributed by atoms with E-state index in [1.54, 1.807) is 4.90 Å². The molecule has 2 aliphatic rings. The summed E-state index contributed by atoms with van der Waals surface area (Å²) in [6.45, 7) is 1.88. The van der Waals surface area contributed by atoms with Crippen molar-refractivity contribution in [3.8, 4) is 5.75 Å². The van der Waals surface area contributed by atoms with E-state index in [-0.39, 0.29) is 23.4 Å². The first-order valence-electron chi connectivity index (χ1n) is 11.5. The van der Waals surface area contributed by atoms with Crippen molar-refractivity contribution in [2.24, 2.45) is 0 Å². The van der Waals surface area contributed by atoms with Crippen molar-refractivity contribution in [3.63, 3.8) is 0 Å². The smallest absolute Gasteiger partial charge is 0.255 e. The first-order valence-corrected chi connectivity index (χ1v) is 11.5. The molecule has 2 amide bonds. The molecule has 32 heavy (non-hydrogen) atoms. The van der Waals surface area contributed by atoms with Crippen molar-refractivity contribution in [3.05, 3.63) is 59.7 Å². The number of amides is 2. The van der Waals surface area contributed by atoms with Gasteiger partial charge in [-0.1, -0.05) is 12.1 Å². The zero-order valence-corrected chi connectivity index (χ0v) is 18.3. The summed E-state index contributed by atoms with van der Waals surface area (Å²) in [6.07, 6.45) is 8.50. The fraction of sp³-hybridized carbons (Fsp3) is 0.480. The van der Waals surface area contributed by atoms with E-state index in [4.69, 9.17) is 4.74 Å². The summed E-state index contributed by atoms with van der Waals surface area (Å²) in [6, 6.07) is 9.49. The van der Waals surface area contributed by atoms with Gasteiger partial charge in [0.1, 0.15) is 18.2 Å². The van der Waals surface area contributed by atoms with Crippen LogP contribution in [-0.4, -0.2) is 58.9 Å². The Kier molecular flexibility index (Phi) is 7.35. The second kappa shape index (κ2) is 10.6. The lowest BCUT2D eigenvalue weighted by Crippen LogP contribution is -2.44. The van der Waals surface area contributed by atoms with E-state index >= 15 is 0 Å². The van der Waals surface area contributed by atoms with Gasteiger partial charge >= 0.3 is 0 Å². The second-order valence-electron chi connectivity index (χ2n) is 8.56. The van der Waals surface area contributed by atoms with Gasteiger partial charge in [0.15, 0.2) is 0 Å². The van der Waals surface area contributed by atoms with Crippen LogP contribution in [0.4, 0.5) is 4.39 Å². The maximum absolute atomic E-state index is 13.6. The van der Waals surface area contributed by atoms with E-state index in [2.05, 4.69) is 11.1 Å². The number of halogens is 1. The lowest BCUT2D eigenvalue weighted by Gasteiger charge is -2.36. The number of fused-ring (bicyclic) bond motifs is 3. The highest BCUT2D eigenvalue weighted by Crippen LogP contribution is 2.24. The topological polar surface area (TPSA) is 62.7 Å². The van der Waals surface area contributed by atoms with Gasteiger partial charge in [0.25, 0.3) is 5.91 Å². The third kappa shape index (κ3) is 5.64. The van der Waals surface area contributed by atoms with E-state index in [1.165, 1.54) is 17.8 Å². The molecule has 2 aromatic rings. The van der Waals surface area contributed by atoms with Crippen molar-refractivity contribution in [1.29, 1.82) is 0 Å². The fourth-order valence-electron chi connectivity index (χ4n) is 4.62. The quantitative estimate of drug-likeness (QED) is 0.677. The molecule has 1 aromatic heterocycles. The van der Waals surface area contributed by atoms with Gasteiger partial charge in [0.05, 0.1) is 18.3 Å². The standard InChI is InChI=1S/C25H30FN3O3/c26-21-16-20(17-27-18-21)25(31)28-11-4-8-24(30)29-12-2-1-6-22(29)10-9-19-5-3-7-23(15-19)32-14-13-28/h3,5,7,15-18,22H,1-2,4,6,8-14H2. The maximum atomic E-state index is 13.6. The predicted octanol–water partition coefficient (Wildman–Crippen LogP) is 3.85. The van der Waals surface area contributed by atoms with Crippen LogP contribution in [0.5, 0.6) is 5.75 Å². The Morgan fingerprint density at radius 2 is 1.94 bits per heavy atom. The molecule has 4 rings (SSSR count). The fourth-order valence-corrected chi connectivity index (χ4v) is 4.62. The molecule has 1 fully saturated rings. The predicted molar refractivity (Wildman–Crippen MR) is 119 cm³/mol. The summed E-state index contributed by atoms with van der Waals surface area (Å²) in [7, 11) is 0. The van der Waals surface area contributed by atoms with Crippen molar-refractivity contribution < 1.29 is 18.7 Å². The average molecular weight is 440 g/mol.